The van der Waals surface area contributed by atoms with E-state index in [9.17, 15) is 0 Å². The summed E-state index contributed by atoms with van der Waals surface area (Å²) >= 11 is 1.85. The molecule has 0 amide bonds. The van der Waals surface area contributed by atoms with E-state index in [1.807, 2.05) is 11.8 Å². The van der Waals surface area contributed by atoms with Gasteiger partial charge in [0.25, 0.3) is 0 Å². The summed E-state index contributed by atoms with van der Waals surface area (Å²) in [6, 6.07) is 27.0. The number of rotatable bonds is 6. The summed E-state index contributed by atoms with van der Waals surface area (Å²) in [6.07, 6.45) is 2.35. The first kappa shape index (κ1) is 27.7. The summed E-state index contributed by atoms with van der Waals surface area (Å²) in [5, 5.41) is 2.53. The molecule has 1 aliphatic heterocycles. The minimum Gasteiger partial charge on any atom is -1.00 e. The lowest BCUT2D eigenvalue weighted by molar-refractivity contribution is -0.919. The van der Waals surface area contributed by atoms with Crippen LogP contribution < -0.4 is 33.4 Å². The van der Waals surface area contributed by atoms with Crippen LogP contribution in [0, 0.1) is 6.92 Å². The Kier molecular flexibility index (Phi) is 8.36. The largest absolute Gasteiger partial charge is 1.00 e. The third-order valence-electron chi connectivity index (χ3n) is 7.87. The second-order valence-corrected chi connectivity index (χ2v) is 11.3. The highest BCUT2D eigenvalue weighted by Gasteiger charge is 2.24. The molecule has 0 N–H and O–H groups in total. The fourth-order valence-corrected chi connectivity index (χ4v) is 6.15. The van der Waals surface area contributed by atoms with Crippen molar-refractivity contribution in [3.05, 3.63) is 94.5 Å². The minimum absolute atomic E-state index is 0. The summed E-state index contributed by atoms with van der Waals surface area (Å²) in [4.78, 5) is 3.64. The van der Waals surface area contributed by atoms with Gasteiger partial charge in [-0.05, 0) is 68.3 Å². The van der Waals surface area contributed by atoms with Crippen molar-refractivity contribution in [2.45, 2.75) is 32.2 Å². The molecule has 2 heterocycles. The Morgan fingerprint density at radius 2 is 1.65 bits per heavy atom. The second-order valence-electron chi connectivity index (χ2n) is 10.3. The number of thioether (sulfide) groups is 1. The highest BCUT2D eigenvalue weighted by atomic mass is 127. The number of hydrogen-bond donors (Lipinski definition) is 0. The number of halogens is 1. The number of aryl methyl sites for hydroxylation is 2. The highest BCUT2D eigenvalue weighted by molar-refractivity contribution is 8.03. The molecule has 0 aliphatic carbocycles. The molecule has 5 heteroatoms. The number of benzene rings is 3. The van der Waals surface area contributed by atoms with Gasteiger partial charge >= 0.3 is 0 Å². The van der Waals surface area contributed by atoms with Gasteiger partial charge in [0.2, 0.25) is 11.2 Å². The maximum atomic E-state index is 2.35. The van der Waals surface area contributed by atoms with Crippen LogP contribution in [-0.4, -0.2) is 31.7 Å². The van der Waals surface area contributed by atoms with Gasteiger partial charge in [0.15, 0.2) is 0 Å². The van der Waals surface area contributed by atoms with E-state index in [-0.39, 0.29) is 24.0 Å². The van der Waals surface area contributed by atoms with Crippen LogP contribution in [-0.2, 0) is 13.6 Å². The Labute approximate surface area is 243 Å². The van der Waals surface area contributed by atoms with Crippen LogP contribution in [0.2, 0.25) is 0 Å². The van der Waals surface area contributed by atoms with Gasteiger partial charge in [0.1, 0.15) is 13.6 Å². The molecule has 5 rings (SSSR count). The molecule has 0 unspecified atom stereocenters. The first-order chi connectivity index (χ1) is 17.3. The van der Waals surface area contributed by atoms with Crippen LogP contribution in [0.5, 0.6) is 0 Å². The van der Waals surface area contributed by atoms with Gasteiger partial charge in [0.05, 0.1) is 36.2 Å². The van der Waals surface area contributed by atoms with E-state index in [0.717, 1.165) is 24.1 Å². The predicted octanol–water partition coefficient (Wildman–Crippen LogP) is 4.17. The molecule has 0 spiro atoms. The van der Waals surface area contributed by atoms with Crippen molar-refractivity contribution in [3.8, 4) is 11.3 Å². The van der Waals surface area contributed by atoms with Crippen molar-refractivity contribution in [2.24, 2.45) is 7.05 Å². The number of quaternary nitrogens is 1. The van der Waals surface area contributed by atoms with Gasteiger partial charge in [-0.25, -0.2) is 0 Å². The monoisotopic (exact) mass is 622 g/mol. The standard InChI is InChI=1S/C32H37N3S.HI/c1-7-35(6,8-2)22-24-14-16-25(17-15-24)29-20-26(27-11-9-10-12-28(27)33(29)4)21-32-34(5)30-19-23(3)13-18-31(30)36-32;/h9-21H,7-8,22H2,1-6H3;1H/q+2;/p-1. The van der Waals surface area contributed by atoms with Crippen molar-refractivity contribution in [1.82, 2.24) is 0 Å². The summed E-state index contributed by atoms with van der Waals surface area (Å²) in [6.45, 7) is 10.1. The average Bonchev–Trinajstić information content (AvgIpc) is 3.20. The first-order valence-electron chi connectivity index (χ1n) is 12.9. The molecule has 0 saturated carbocycles. The topological polar surface area (TPSA) is 7.12 Å². The van der Waals surface area contributed by atoms with Crippen LogP contribution in [0.3, 0.4) is 0 Å². The van der Waals surface area contributed by atoms with E-state index in [1.54, 1.807) is 0 Å². The number of aromatic nitrogens is 1. The Bertz CT molecular complexity index is 1460. The van der Waals surface area contributed by atoms with Gasteiger partial charge in [0, 0.05) is 35.2 Å². The lowest BCUT2D eigenvalue weighted by Crippen LogP contribution is -3.00. The molecule has 37 heavy (non-hydrogen) atoms. The van der Waals surface area contributed by atoms with Crippen molar-refractivity contribution in [2.75, 3.05) is 32.1 Å². The maximum Gasteiger partial charge on any atom is 0.213 e. The Morgan fingerprint density at radius 3 is 2.35 bits per heavy atom. The molecule has 0 radical (unpaired) electrons. The number of pyridine rings is 1. The summed E-state index contributed by atoms with van der Waals surface area (Å²) in [5.41, 5.74) is 8.95. The van der Waals surface area contributed by atoms with Crippen LogP contribution in [0.1, 0.15) is 30.5 Å². The SMILES string of the molecule is CC[N+](C)(CC)Cc1ccc(-c2cc(C=C3Sc4ccc(C)cc4N3C)c3ccccc3[n+]2C)cc1.[I-]. The smallest absolute Gasteiger partial charge is 0.213 e. The molecule has 1 aromatic heterocycles. The molecule has 0 atom stereocenters. The molecule has 192 valence electrons. The zero-order chi connectivity index (χ0) is 25.4. The van der Waals surface area contributed by atoms with Gasteiger partial charge in [-0.15, -0.1) is 0 Å². The molecule has 1 aliphatic rings. The van der Waals surface area contributed by atoms with Crippen molar-refractivity contribution in [3.63, 3.8) is 0 Å². The van der Waals surface area contributed by atoms with Gasteiger partial charge in [-0.3, -0.25) is 0 Å². The Morgan fingerprint density at radius 1 is 0.946 bits per heavy atom. The van der Waals surface area contributed by atoms with Crippen molar-refractivity contribution in [1.29, 1.82) is 0 Å². The molecule has 3 nitrogen and oxygen atoms in total. The lowest BCUT2D eigenvalue weighted by Gasteiger charge is -2.32. The normalized spacial score (nSPS) is 14.2. The lowest BCUT2D eigenvalue weighted by atomic mass is 10.0. The van der Waals surface area contributed by atoms with Gasteiger partial charge < -0.3 is 33.4 Å². The quantitative estimate of drug-likeness (QED) is 0.181. The molecule has 3 aromatic carbocycles. The number of fused-ring (bicyclic) bond motifs is 2. The summed E-state index contributed by atoms with van der Waals surface area (Å²) in [5.74, 6) is 0. The fourth-order valence-electron chi connectivity index (χ4n) is 5.06. The van der Waals surface area contributed by atoms with E-state index in [0.29, 0.717) is 0 Å². The molecule has 4 aromatic rings. The summed E-state index contributed by atoms with van der Waals surface area (Å²) < 4.78 is 3.39. The van der Waals surface area contributed by atoms with E-state index in [4.69, 9.17) is 0 Å². The number of anilines is 1. The zero-order valence-corrected chi connectivity index (χ0v) is 25.7. The summed E-state index contributed by atoms with van der Waals surface area (Å²) in [7, 11) is 6.70. The van der Waals surface area contributed by atoms with Crippen LogP contribution >= 0.6 is 11.8 Å². The third-order valence-corrected chi connectivity index (χ3v) is 9.04. The highest BCUT2D eigenvalue weighted by Crippen LogP contribution is 2.46. The van der Waals surface area contributed by atoms with E-state index in [2.05, 4.69) is 130 Å². The minimum atomic E-state index is 0. The predicted molar refractivity (Wildman–Crippen MR) is 155 cm³/mol. The van der Waals surface area contributed by atoms with E-state index in [1.165, 1.54) is 54.5 Å². The van der Waals surface area contributed by atoms with Crippen LogP contribution in [0.15, 0.2) is 82.7 Å². The van der Waals surface area contributed by atoms with E-state index >= 15 is 0 Å². The molecular weight excluding hydrogens is 585 g/mol. The molecular formula is C32H37IN3S+. The fraction of sp³-hybridized carbons (Fsp3) is 0.281. The number of nitrogens with zero attached hydrogens (tertiary/aromatic N) is 3. The van der Waals surface area contributed by atoms with Crippen LogP contribution in [0.4, 0.5) is 5.69 Å². The van der Waals surface area contributed by atoms with Gasteiger partial charge in [-0.1, -0.05) is 42.1 Å². The Hall–Kier alpha value is -2.35. The zero-order valence-electron chi connectivity index (χ0n) is 22.8. The maximum absolute atomic E-state index is 2.35. The van der Waals surface area contributed by atoms with Crippen LogP contribution in [0.25, 0.3) is 28.2 Å². The van der Waals surface area contributed by atoms with Gasteiger partial charge in [-0.2, -0.15) is 4.57 Å². The first-order valence-corrected chi connectivity index (χ1v) is 13.7. The third kappa shape index (κ3) is 5.45. The van der Waals surface area contributed by atoms with E-state index < -0.39 is 0 Å². The van der Waals surface area contributed by atoms with Crippen molar-refractivity contribution < 1.29 is 33.0 Å². The molecule has 0 bridgehead atoms. The average molecular weight is 623 g/mol. The van der Waals surface area contributed by atoms with Crippen molar-refractivity contribution >= 4 is 34.4 Å². The molecule has 0 fully saturated rings. The molecule has 0 saturated heterocycles. The second kappa shape index (κ2) is 11.2. The Balaban J connectivity index is 0.00000320. The number of para-hydroxylation sites is 1. The number of hydrogen-bond acceptors (Lipinski definition) is 2.